The maximum Gasteiger partial charge on any atom is 0.238 e. The smallest absolute Gasteiger partial charge is 0.238 e. The van der Waals surface area contributed by atoms with Crippen LogP contribution in [0.2, 0.25) is 0 Å². The number of benzene rings is 14. The molecule has 0 fully saturated rings. The van der Waals surface area contributed by atoms with E-state index in [1.54, 1.807) is 0 Å². The highest BCUT2D eigenvalue weighted by atomic mass is 16.3. The topological polar surface area (TPSA) is 79.7 Å². The van der Waals surface area contributed by atoms with E-state index < -0.39 is 0 Å². The van der Waals surface area contributed by atoms with Gasteiger partial charge in [-0.3, -0.25) is 4.57 Å². The standard InChI is InChI=1S/C87H52N6O2/c1-3-19-53(20-4-1)55-35-39-57(40-36-55)59-43-47-75-69(51-59)70-52-60(58-41-37-56(38-42-58)54-21-5-2-6-22-54)44-48-76(70)93(75)87-89-85(65-25-9-15-31-73(65)91-71-29-13-7-23-61(71)63-45-49-79-81(83(63)91)67-27-11-17-33-77(67)94-79)88-86(90-87)66-26-10-16-32-74(66)92-72-30-14-8-24-62(72)64-46-50-80-82(84(64)92)68-28-12-18-34-78(68)95-80/h1-52H. The zero-order valence-electron chi connectivity index (χ0n) is 51.0. The fourth-order valence-corrected chi connectivity index (χ4v) is 15.0. The van der Waals surface area contributed by atoms with E-state index in [2.05, 4.69) is 317 Å². The lowest BCUT2D eigenvalue weighted by Crippen LogP contribution is -2.09. The predicted molar refractivity (Wildman–Crippen MR) is 390 cm³/mol. The quantitative estimate of drug-likeness (QED) is 0.144. The first-order valence-corrected chi connectivity index (χ1v) is 32.1. The number of rotatable bonds is 9. The molecule has 0 unspecified atom stereocenters. The summed E-state index contributed by atoms with van der Waals surface area (Å²) in [5.41, 5.74) is 22.0. The molecule has 0 bridgehead atoms. The van der Waals surface area contributed by atoms with Crippen LogP contribution in [0.3, 0.4) is 0 Å². The minimum atomic E-state index is 0.477. The van der Waals surface area contributed by atoms with Crippen LogP contribution < -0.4 is 0 Å². The molecule has 14 aromatic carbocycles. The zero-order valence-corrected chi connectivity index (χ0v) is 51.0. The van der Waals surface area contributed by atoms with Crippen LogP contribution in [0.25, 0.3) is 194 Å². The molecule has 0 aliphatic heterocycles. The Morgan fingerprint density at radius 2 is 0.568 bits per heavy atom. The Morgan fingerprint density at radius 3 is 1.02 bits per heavy atom. The highest BCUT2D eigenvalue weighted by Crippen LogP contribution is 2.46. The number of hydrogen-bond acceptors (Lipinski definition) is 5. The summed E-state index contributed by atoms with van der Waals surface area (Å²) in [6.07, 6.45) is 0. The summed E-state index contributed by atoms with van der Waals surface area (Å²) in [5, 5.41) is 10.8. The van der Waals surface area contributed by atoms with Gasteiger partial charge in [0.05, 0.1) is 55.2 Å². The lowest BCUT2D eigenvalue weighted by Gasteiger charge is -2.17. The van der Waals surface area contributed by atoms with Gasteiger partial charge in [-0.15, -0.1) is 0 Å². The molecule has 0 aliphatic rings. The van der Waals surface area contributed by atoms with Gasteiger partial charge in [-0.25, -0.2) is 4.98 Å². The first kappa shape index (κ1) is 52.8. The molecule has 0 amide bonds. The second kappa shape index (κ2) is 20.8. The highest BCUT2D eigenvalue weighted by molar-refractivity contribution is 6.26. The van der Waals surface area contributed by atoms with Crippen molar-refractivity contribution in [3.8, 4) is 84.6 Å². The third kappa shape index (κ3) is 8.18. The first-order chi connectivity index (χ1) is 47.1. The van der Waals surface area contributed by atoms with Gasteiger partial charge in [0.15, 0.2) is 11.6 Å². The Labute approximate surface area is 543 Å². The van der Waals surface area contributed by atoms with E-state index in [0.29, 0.717) is 17.6 Å². The van der Waals surface area contributed by atoms with E-state index in [-0.39, 0.29) is 0 Å². The molecule has 0 saturated heterocycles. The van der Waals surface area contributed by atoms with Gasteiger partial charge < -0.3 is 18.0 Å². The minimum Gasteiger partial charge on any atom is -0.456 e. The molecule has 8 nitrogen and oxygen atoms in total. The molecular formula is C87H52N6O2. The molecule has 20 aromatic rings. The molecule has 0 aliphatic carbocycles. The molecule has 0 N–H and O–H groups in total. The fraction of sp³-hybridized carbons (Fsp3) is 0. The average molecular weight is 1210 g/mol. The maximum absolute atomic E-state index is 6.64. The van der Waals surface area contributed by atoms with Gasteiger partial charge in [0.2, 0.25) is 5.95 Å². The molecule has 0 saturated carbocycles. The van der Waals surface area contributed by atoms with Crippen molar-refractivity contribution in [2.75, 3.05) is 0 Å². The monoisotopic (exact) mass is 1210 g/mol. The molecule has 0 radical (unpaired) electrons. The SMILES string of the molecule is c1ccc(-c2ccc(-c3ccc4c(c3)c3cc(-c5ccc(-c6ccccc6)cc5)ccc3n4-c3nc(-c4ccccc4-n4c5ccccc5c5ccc6oc7ccccc7c6c54)nc(-c4ccccc4-n4c5ccccc5c5ccc6oc7ccccc7c6c54)n3)cc2)cc1. The number of aromatic nitrogens is 6. The van der Waals surface area contributed by atoms with Crippen molar-refractivity contribution >= 4 is 109 Å². The van der Waals surface area contributed by atoms with Crippen molar-refractivity contribution < 1.29 is 8.83 Å². The molecule has 442 valence electrons. The van der Waals surface area contributed by atoms with Gasteiger partial charge in [-0.05, 0) is 142 Å². The lowest BCUT2D eigenvalue weighted by atomic mass is 9.97. The summed E-state index contributed by atoms with van der Waals surface area (Å²) in [7, 11) is 0. The maximum atomic E-state index is 6.64. The number of para-hydroxylation sites is 6. The second-order valence-corrected chi connectivity index (χ2v) is 24.6. The van der Waals surface area contributed by atoms with Crippen molar-refractivity contribution in [3.05, 3.63) is 315 Å². The Hall–Kier alpha value is -12.9. The van der Waals surface area contributed by atoms with Crippen LogP contribution in [-0.4, -0.2) is 28.7 Å². The van der Waals surface area contributed by atoms with Crippen molar-refractivity contribution in [1.82, 2.24) is 28.7 Å². The van der Waals surface area contributed by atoms with Crippen molar-refractivity contribution in [2.24, 2.45) is 0 Å². The molecular weight excluding hydrogens is 1160 g/mol. The number of fused-ring (bicyclic) bond motifs is 17. The molecule has 8 heteroatoms. The van der Waals surface area contributed by atoms with Crippen molar-refractivity contribution in [2.45, 2.75) is 0 Å². The average Bonchev–Trinajstić information content (AvgIpc) is 1.58. The zero-order chi connectivity index (χ0) is 62.2. The van der Waals surface area contributed by atoms with E-state index >= 15 is 0 Å². The lowest BCUT2D eigenvalue weighted by molar-refractivity contribution is 0.669. The molecule has 0 atom stereocenters. The minimum absolute atomic E-state index is 0.477. The van der Waals surface area contributed by atoms with Gasteiger partial charge in [0, 0.05) is 54.2 Å². The molecule has 0 spiro atoms. The van der Waals surface area contributed by atoms with Crippen LogP contribution in [-0.2, 0) is 0 Å². The number of furan rings is 2. The molecule has 95 heavy (non-hydrogen) atoms. The fourth-order valence-electron chi connectivity index (χ4n) is 15.0. The van der Waals surface area contributed by atoms with Crippen LogP contribution >= 0.6 is 0 Å². The first-order valence-electron chi connectivity index (χ1n) is 32.1. The van der Waals surface area contributed by atoms with E-state index in [1.807, 2.05) is 12.1 Å². The normalized spacial score (nSPS) is 12.0. The van der Waals surface area contributed by atoms with Crippen molar-refractivity contribution in [1.29, 1.82) is 0 Å². The molecule has 6 aromatic heterocycles. The van der Waals surface area contributed by atoms with Crippen LogP contribution in [0.15, 0.2) is 324 Å². The predicted octanol–water partition coefficient (Wildman–Crippen LogP) is 23.0. The summed E-state index contributed by atoms with van der Waals surface area (Å²) >= 11 is 0. The summed E-state index contributed by atoms with van der Waals surface area (Å²) < 4.78 is 20.3. The third-order valence-corrected chi connectivity index (χ3v) is 19.4. The summed E-state index contributed by atoms with van der Waals surface area (Å²) in [6, 6.07) is 112. The third-order valence-electron chi connectivity index (χ3n) is 19.4. The van der Waals surface area contributed by atoms with Gasteiger partial charge >= 0.3 is 0 Å². The van der Waals surface area contributed by atoms with E-state index in [4.69, 9.17) is 23.8 Å². The Balaban J connectivity index is 0.862. The van der Waals surface area contributed by atoms with Gasteiger partial charge in [0.25, 0.3) is 0 Å². The van der Waals surface area contributed by atoms with E-state index in [9.17, 15) is 0 Å². The number of hydrogen-bond donors (Lipinski definition) is 0. The van der Waals surface area contributed by atoms with Crippen molar-refractivity contribution in [3.63, 3.8) is 0 Å². The van der Waals surface area contributed by atoms with Crippen LogP contribution in [0, 0.1) is 0 Å². The van der Waals surface area contributed by atoms with Gasteiger partial charge in [0.1, 0.15) is 22.3 Å². The largest absolute Gasteiger partial charge is 0.456 e. The molecule has 6 heterocycles. The van der Waals surface area contributed by atoms with E-state index in [1.165, 1.54) is 22.3 Å². The van der Waals surface area contributed by atoms with Crippen LogP contribution in [0.4, 0.5) is 0 Å². The Kier molecular flexibility index (Phi) is 11.6. The second-order valence-electron chi connectivity index (χ2n) is 24.6. The number of nitrogens with zero attached hydrogens (tertiary/aromatic N) is 6. The van der Waals surface area contributed by atoms with Gasteiger partial charge in [-0.2, -0.15) is 9.97 Å². The summed E-state index contributed by atoms with van der Waals surface area (Å²) in [4.78, 5) is 17.4. The summed E-state index contributed by atoms with van der Waals surface area (Å²) in [5.74, 6) is 1.50. The molecule has 20 rings (SSSR count). The van der Waals surface area contributed by atoms with Crippen LogP contribution in [0.1, 0.15) is 0 Å². The Bertz CT molecular complexity index is 6120. The van der Waals surface area contributed by atoms with Gasteiger partial charge in [-0.1, -0.05) is 218 Å². The van der Waals surface area contributed by atoms with Crippen LogP contribution in [0.5, 0.6) is 0 Å². The van der Waals surface area contributed by atoms with E-state index in [0.717, 1.165) is 154 Å². The summed E-state index contributed by atoms with van der Waals surface area (Å²) in [6.45, 7) is 0. The highest BCUT2D eigenvalue weighted by Gasteiger charge is 2.27. The Morgan fingerprint density at radius 1 is 0.221 bits per heavy atom.